The van der Waals surface area contributed by atoms with Crippen molar-refractivity contribution in [3.63, 3.8) is 0 Å². The summed E-state index contributed by atoms with van der Waals surface area (Å²) in [5, 5.41) is 3.52. The molecule has 0 radical (unpaired) electrons. The lowest BCUT2D eigenvalue weighted by Gasteiger charge is -2.01. The van der Waals surface area contributed by atoms with E-state index in [1.807, 2.05) is 24.3 Å². The molecule has 1 heterocycles. The van der Waals surface area contributed by atoms with E-state index >= 15 is 0 Å². The van der Waals surface area contributed by atoms with E-state index in [2.05, 4.69) is 12.2 Å². The van der Waals surface area contributed by atoms with Gasteiger partial charge in [0.25, 0.3) is 0 Å². The molecule has 2 aromatic rings. The Morgan fingerprint density at radius 1 is 1.05 bits per heavy atom. The van der Waals surface area contributed by atoms with Crippen molar-refractivity contribution in [2.24, 2.45) is 0 Å². The van der Waals surface area contributed by atoms with E-state index in [9.17, 15) is 0 Å². The van der Waals surface area contributed by atoms with Crippen molar-refractivity contribution in [3.8, 4) is 11.3 Å². The Bertz CT molecular complexity index is 531. The largest absolute Gasteiger partial charge is 0.455 e. The standard InChI is InChI=1S/C16H19Cl2NO/c1-2-3-4-7-19-11-15-5-6-16(20-15)12-8-13(17)10-14(18)9-12/h5-6,8-10,19H,2-4,7,11H2,1H3/p+1. The molecule has 0 aliphatic rings. The molecule has 0 amide bonds. The van der Waals surface area contributed by atoms with Crippen LogP contribution in [0.1, 0.15) is 31.9 Å². The fourth-order valence-corrected chi connectivity index (χ4v) is 2.65. The number of quaternary nitrogens is 1. The van der Waals surface area contributed by atoms with Crippen molar-refractivity contribution >= 4 is 23.2 Å². The van der Waals surface area contributed by atoms with E-state index in [4.69, 9.17) is 27.6 Å². The van der Waals surface area contributed by atoms with Gasteiger partial charge in [-0.3, -0.25) is 0 Å². The van der Waals surface area contributed by atoms with Gasteiger partial charge < -0.3 is 9.73 Å². The second kappa shape index (κ2) is 7.72. The number of hydrogen-bond donors (Lipinski definition) is 1. The van der Waals surface area contributed by atoms with Crippen LogP contribution in [0.25, 0.3) is 11.3 Å². The summed E-state index contributed by atoms with van der Waals surface area (Å²) in [6, 6.07) is 9.43. The van der Waals surface area contributed by atoms with Crippen molar-refractivity contribution in [2.45, 2.75) is 32.7 Å². The summed E-state index contributed by atoms with van der Waals surface area (Å²) in [5.41, 5.74) is 0.916. The number of furan rings is 1. The van der Waals surface area contributed by atoms with Gasteiger partial charge in [0, 0.05) is 15.6 Å². The summed E-state index contributed by atoms with van der Waals surface area (Å²) >= 11 is 12.0. The highest BCUT2D eigenvalue weighted by Gasteiger charge is 2.07. The van der Waals surface area contributed by atoms with Crippen LogP contribution in [0.4, 0.5) is 0 Å². The Hall–Kier alpha value is -0.960. The molecule has 2 rings (SSSR count). The first-order valence-corrected chi connectivity index (χ1v) is 7.81. The molecule has 0 bridgehead atoms. The number of unbranched alkanes of at least 4 members (excludes halogenated alkanes) is 2. The maximum atomic E-state index is 6.01. The molecule has 0 fully saturated rings. The summed E-state index contributed by atoms with van der Waals surface area (Å²) in [6.45, 7) is 4.24. The Morgan fingerprint density at radius 3 is 2.50 bits per heavy atom. The van der Waals surface area contributed by atoms with Crippen LogP contribution < -0.4 is 5.32 Å². The summed E-state index contributed by atoms with van der Waals surface area (Å²) in [5.74, 6) is 1.79. The highest BCUT2D eigenvalue weighted by molar-refractivity contribution is 6.35. The lowest BCUT2D eigenvalue weighted by Crippen LogP contribution is -2.82. The van der Waals surface area contributed by atoms with Crippen LogP contribution in [0.15, 0.2) is 34.7 Å². The zero-order valence-electron chi connectivity index (χ0n) is 11.7. The normalized spacial score (nSPS) is 10.9. The molecule has 1 aromatic carbocycles. The molecule has 0 unspecified atom stereocenters. The molecular formula is C16H20Cl2NO+. The Kier molecular flexibility index (Phi) is 5.96. The highest BCUT2D eigenvalue weighted by Crippen LogP contribution is 2.28. The minimum atomic E-state index is 0.622. The maximum Gasteiger partial charge on any atom is 0.158 e. The first-order valence-electron chi connectivity index (χ1n) is 7.06. The zero-order valence-corrected chi connectivity index (χ0v) is 13.2. The van der Waals surface area contributed by atoms with Gasteiger partial charge in [0.15, 0.2) is 5.76 Å². The molecule has 2 nitrogen and oxygen atoms in total. The average molecular weight is 313 g/mol. The van der Waals surface area contributed by atoms with Crippen LogP contribution in [0, 0.1) is 0 Å². The molecule has 2 N–H and O–H groups in total. The van der Waals surface area contributed by atoms with E-state index in [-0.39, 0.29) is 0 Å². The van der Waals surface area contributed by atoms with E-state index in [0.717, 1.165) is 30.2 Å². The number of halogens is 2. The maximum absolute atomic E-state index is 6.01. The van der Waals surface area contributed by atoms with E-state index in [1.165, 1.54) is 19.3 Å². The van der Waals surface area contributed by atoms with Crippen LogP contribution in [0.3, 0.4) is 0 Å². The van der Waals surface area contributed by atoms with Gasteiger partial charge in [0.2, 0.25) is 0 Å². The lowest BCUT2D eigenvalue weighted by atomic mass is 10.2. The monoisotopic (exact) mass is 312 g/mol. The molecule has 0 aliphatic carbocycles. The SMILES string of the molecule is CCCCC[NH2+]Cc1ccc(-c2cc(Cl)cc(Cl)c2)o1. The van der Waals surface area contributed by atoms with Crippen molar-refractivity contribution in [1.82, 2.24) is 0 Å². The molecule has 0 spiro atoms. The van der Waals surface area contributed by atoms with Crippen LogP contribution in [-0.4, -0.2) is 6.54 Å². The van der Waals surface area contributed by atoms with Gasteiger partial charge in [-0.25, -0.2) is 0 Å². The molecule has 0 aliphatic heterocycles. The molecule has 20 heavy (non-hydrogen) atoms. The summed E-state index contributed by atoms with van der Waals surface area (Å²) < 4.78 is 5.84. The third-order valence-electron chi connectivity index (χ3n) is 3.17. The van der Waals surface area contributed by atoms with Crippen molar-refractivity contribution in [3.05, 3.63) is 46.1 Å². The number of hydrogen-bond acceptors (Lipinski definition) is 1. The summed E-state index contributed by atoms with van der Waals surface area (Å²) in [7, 11) is 0. The Morgan fingerprint density at radius 2 is 1.80 bits per heavy atom. The third kappa shape index (κ3) is 4.55. The van der Waals surface area contributed by atoms with Crippen LogP contribution in [-0.2, 0) is 6.54 Å². The first-order chi connectivity index (χ1) is 9.69. The Balaban J connectivity index is 1.94. The van der Waals surface area contributed by atoms with E-state index in [0.29, 0.717) is 10.0 Å². The summed E-state index contributed by atoms with van der Waals surface area (Å²) in [6.07, 6.45) is 3.81. The first kappa shape index (κ1) is 15.4. The van der Waals surface area contributed by atoms with Crippen molar-refractivity contribution in [2.75, 3.05) is 6.54 Å². The van der Waals surface area contributed by atoms with Gasteiger partial charge in [-0.2, -0.15) is 0 Å². The number of rotatable bonds is 7. The van der Waals surface area contributed by atoms with E-state index in [1.54, 1.807) is 6.07 Å². The average Bonchev–Trinajstić information content (AvgIpc) is 2.86. The topological polar surface area (TPSA) is 29.8 Å². The number of benzene rings is 1. The van der Waals surface area contributed by atoms with Crippen LogP contribution in [0.2, 0.25) is 10.0 Å². The minimum absolute atomic E-state index is 0.622. The second-order valence-corrected chi connectivity index (χ2v) is 5.79. The molecule has 1 aromatic heterocycles. The van der Waals surface area contributed by atoms with Crippen LogP contribution in [0.5, 0.6) is 0 Å². The van der Waals surface area contributed by atoms with Crippen molar-refractivity contribution < 1.29 is 9.73 Å². The number of nitrogens with two attached hydrogens (primary N) is 1. The van der Waals surface area contributed by atoms with E-state index < -0.39 is 0 Å². The molecular weight excluding hydrogens is 293 g/mol. The highest BCUT2D eigenvalue weighted by atomic mass is 35.5. The van der Waals surface area contributed by atoms with Gasteiger partial charge in [0.05, 0.1) is 6.54 Å². The van der Waals surface area contributed by atoms with Gasteiger partial charge >= 0.3 is 0 Å². The quantitative estimate of drug-likeness (QED) is 0.749. The Labute approximate surface area is 130 Å². The molecule has 0 saturated carbocycles. The van der Waals surface area contributed by atoms with Gasteiger partial charge in [-0.1, -0.05) is 36.5 Å². The van der Waals surface area contributed by atoms with Gasteiger partial charge in [-0.05, 0) is 43.2 Å². The van der Waals surface area contributed by atoms with Gasteiger partial charge in [-0.15, -0.1) is 0 Å². The summed E-state index contributed by atoms with van der Waals surface area (Å²) in [4.78, 5) is 0. The predicted molar refractivity (Wildman–Crippen MR) is 84.2 cm³/mol. The third-order valence-corrected chi connectivity index (χ3v) is 3.60. The van der Waals surface area contributed by atoms with Gasteiger partial charge in [0.1, 0.15) is 12.3 Å². The second-order valence-electron chi connectivity index (χ2n) is 4.91. The predicted octanol–water partition coefficient (Wildman–Crippen LogP) is 4.51. The fourth-order valence-electron chi connectivity index (χ4n) is 2.12. The van der Waals surface area contributed by atoms with Crippen LogP contribution >= 0.6 is 23.2 Å². The molecule has 108 valence electrons. The fraction of sp³-hybridized carbons (Fsp3) is 0.375. The lowest BCUT2D eigenvalue weighted by molar-refractivity contribution is -0.672. The zero-order chi connectivity index (χ0) is 14.4. The smallest absolute Gasteiger partial charge is 0.158 e. The minimum Gasteiger partial charge on any atom is -0.455 e. The molecule has 4 heteroatoms. The molecule has 0 atom stereocenters. The molecule has 0 saturated heterocycles. The van der Waals surface area contributed by atoms with Crippen molar-refractivity contribution in [1.29, 1.82) is 0 Å².